The first-order chi connectivity index (χ1) is 11.2. The van der Waals surface area contributed by atoms with Crippen molar-refractivity contribution in [2.75, 3.05) is 6.54 Å². The van der Waals surface area contributed by atoms with Crippen LogP contribution in [0, 0.1) is 0 Å². The molecular weight excluding hydrogens is 296 g/mol. The zero-order chi connectivity index (χ0) is 16.1. The SMILES string of the molecule is O=C(NN1CCCCC1=O)Oc1cnc(-c2ccccc2)nc1. The van der Waals surface area contributed by atoms with Crippen molar-refractivity contribution in [1.29, 1.82) is 0 Å². The molecule has 2 heterocycles. The van der Waals surface area contributed by atoms with Crippen LogP contribution in [0.2, 0.25) is 0 Å². The van der Waals surface area contributed by atoms with Crippen molar-refractivity contribution in [3.8, 4) is 17.1 Å². The van der Waals surface area contributed by atoms with E-state index in [4.69, 9.17) is 4.74 Å². The standard InChI is InChI=1S/C16H16N4O3/c21-14-8-4-5-9-20(14)19-16(22)23-13-10-17-15(18-11-13)12-6-2-1-3-7-12/h1-3,6-7,10-11H,4-5,8-9H2,(H,19,22). The number of aromatic nitrogens is 2. The van der Waals surface area contributed by atoms with Gasteiger partial charge in [-0.2, -0.15) is 0 Å². The van der Waals surface area contributed by atoms with Gasteiger partial charge in [0, 0.05) is 18.5 Å². The van der Waals surface area contributed by atoms with Gasteiger partial charge in [0.15, 0.2) is 11.6 Å². The highest BCUT2D eigenvalue weighted by Crippen LogP contribution is 2.16. The molecule has 2 amide bonds. The normalized spacial score (nSPS) is 14.4. The van der Waals surface area contributed by atoms with Crippen LogP contribution in [0.3, 0.4) is 0 Å². The highest BCUT2D eigenvalue weighted by atomic mass is 16.6. The zero-order valence-corrected chi connectivity index (χ0v) is 12.4. The first-order valence-electron chi connectivity index (χ1n) is 7.39. The number of carbonyl (C=O) groups excluding carboxylic acids is 2. The summed E-state index contributed by atoms with van der Waals surface area (Å²) in [6, 6.07) is 9.49. The molecule has 1 aromatic carbocycles. The zero-order valence-electron chi connectivity index (χ0n) is 12.4. The van der Waals surface area contributed by atoms with Gasteiger partial charge in [0.25, 0.3) is 0 Å². The molecule has 3 rings (SSSR count). The number of hydrogen-bond acceptors (Lipinski definition) is 5. The third-order valence-electron chi connectivity index (χ3n) is 3.42. The molecule has 1 aromatic heterocycles. The number of amides is 2. The lowest BCUT2D eigenvalue weighted by molar-refractivity contribution is -0.135. The van der Waals surface area contributed by atoms with E-state index in [1.165, 1.54) is 17.4 Å². The number of nitrogens with zero attached hydrogens (tertiary/aromatic N) is 3. The van der Waals surface area contributed by atoms with Crippen LogP contribution in [0.5, 0.6) is 5.75 Å². The molecule has 1 saturated heterocycles. The fourth-order valence-electron chi connectivity index (χ4n) is 2.27. The number of carbonyl (C=O) groups is 2. The molecule has 2 aromatic rings. The Morgan fingerprint density at radius 2 is 1.87 bits per heavy atom. The van der Waals surface area contributed by atoms with Crippen molar-refractivity contribution in [3.05, 3.63) is 42.7 Å². The molecule has 0 bridgehead atoms. The highest BCUT2D eigenvalue weighted by Gasteiger charge is 2.20. The first kappa shape index (κ1) is 15.0. The largest absolute Gasteiger partial charge is 0.431 e. The maximum Gasteiger partial charge on any atom is 0.431 e. The number of hydrogen-bond donors (Lipinski definition) is 1. The van der Waals surface area contributed by atoms with E-state index in [0.717, 1.165) is 18.4 Å². The monoisotopic (exact) mass is 312 g/mol. The molecule has 0 radical (unpaired) electrons. The van der Waals surface area contributed by atoms with Crippen LogP contribution >= 0.6 is 0 Å². The van der Waals surface area contributed by atoms with E-state index in [-0.39, 0.29) is 11.7 Å². The molecule has 118 valence electrons. The van der Waals surface area contributed by atoms with Gasteiger partial charge >= 0.3 is 6.09 Å². The van der Waals surface area contributed by atoms with Crippen LogP contribution in [0.25, 0.3) is 11.4 Å². The third kappa shape index (κ3) is 3.82. The number of rotatable bonds is 3. The Morgan fingerprint density at radius 1 is 1.13 bits per heavy atom. The molecule has 1 fully saturated rings. The summed E-state index contributed by atoms with van der Waals surface area (Å²) in [6.07, 6.45) is 4.27. The van der Waals surface area contributed by atoms with Crippen LogP contribution in [0.4, 0.5) is 4.79 Å². The predicted molar refractivity (Wildman–Crippen MR) is 82.2 cm³/mol. The average molecular weight is 312 g/mol. The molecule has 1 aliphatic heterocycles. The van der Waals surface area contributed by atoms with Crippen molar-refractivity contribution in [2.24, 2.45) is 0 Å². The van der Waals surface area contributed by atoms with Gasteiger partial charge in [0.05, 0.1) is 12.4 Å². The Kier molecular flexibility index (Phi) is 4.46. The van der Waals surface area contributed by atoms with Crippen molar-refractivity contribution in [2.45, 2.75) is 19.3 Å². The number of ether oxygens (including phenoxy) is 1. The van der Waals surface area contributed by atoms with Gasteiger partial charge in [-0.3, -0.25) is 9.80 Å². The molecule has 1 aliphatic rings. The average Bonchev–Trinajstić information content (AvgIpc) is 2.58. The lowest BCUT2D eigenvalue weighted by Crippen LogP contribution is -2.49. The lowest BCUT2D eigenvalue weighted by atomic mass is 10.1. The summed E-state index contributed by atoms with van der Waals surface area (Å²) >= 11 is 0. The smallest absolute Gasteiger partial charge is 0.406 e. The van der Waals surface area contributed by atoms with Gasteiger partial charge in [-0.25, -0.2) is 20.2 Å². The number of piperidine rings is 1. The van der Waals surface area contributed by atoms with Gasteiger partial charge in [0.1, 0.15) is 0 Å². The number of benzene rings is 1. The fourth-order valence-corrected chi connectivity index (χ4v) is 2.27. The predicted octanol–water partition coefficient (Wildman–Crippen LogP) is 2.16. The maximum absolute atomic E-state index is 11.8. The second-order valence-electron chi connectivity index (χ2n) is 5.11. The molecule has 7 nitrogen and oxygen atoms in total. The van der Waals surface area contributed by atoms with E-state index in [1.807, 2.05) is 30.3 Å². The molecule has 1 N–H and O–H groups in total. The summed E-state index contributed by atoms with van der Waals surface area (Å²) in [7, 11) is 0. The minimum Gasteiger partial charge on any atom is -0.406 e. The van der Waals surface area contributed by atoms with Gasteiger partial charge in [-0.15, -0.1) is 0 Å². The second kappa shape index (κ2) is 6.87. The first-order valence-corrected chi connectivity index (χ1v) is 7.39. The van der Waals surface area contributed by atoms with E-state index in [9.17, 15) is 9.59 Å². The quantitative estimate of drug-likeness (QED) is 0.939. The highest BCUT2D eigenvalue weighted by molar-refractivity contribution is 5.80. The van der Waals surface area contributed by atoms with E-state index in [0.29, 0.717) is 18.8 Å². The van der Waals surface area contributed by atoms with E-state index < -0.39 is 6.09 Å². The summed E-state index contributed by atoms with van der Waals surface area (Å²) in [6.45, 7) is 0.497. The van der Waals surface area contributed by atoms with Crippen LogP contribution in [-0.4, -0.2) is 33.5 Å². The Balaban J connectivity index is 1.59. The minimum atomic E-state index is -0.726. The topological polar surface area (TPSA) is 84.4 Å². The number of nitrogens with one attached hydrogen (secondary N) is 1. The Bertz CT molecular complexity index is 688. The fraction of sp³-hybridized carbons (Fsp3) is 0.250. The van der Waals surface area contributed by atoms with Crippen molar-refractivity contribution < 1.29 is 14.3 Å². The number of hydrazine groups is 1. The second-order valence-corrected chi connectivity index (χ2v) is 5.11. The lowest BCUT2D eigenvalue weighted by Gasteiger charge is -2.26. The summed E-state index contributed by atoms with van der Waals surface area (Å²) in [5, 5.41) is 1.28. The maximum atomic E-state index is 11.8. The molecule has 23 heavy (non-hydrogen) atoms. The summed E-state index contributed by atoms with van der Waals surface area (Å²) in [4.78, 5) is 31.7. The van der Waals surface area contributed by atoms with Gasteiger partial charge < -0.3 is 4.74 Å². The Labute approximate surface area is 133 Å². The van der Waals surface area contributed by atoms with Crippen molar-refractivity contribution in [3.63, 3.8) is 0 Å². The molecule has 0 spiro atoms. The van der Waals surface area contributed by atoms with Crippen LogP contribution in [-0.2, 0) is 4.79 Å². The summed E-state index contributed by atoms with van der Waals surface area (Å²) in [5.74, 6) is 0.653. The van der Waals surface area contributed by atoms with Gasteiger partial charge in [-0.05, 0) is 12.8 Å². The molecular formula is C16H16N4O3. The molecule has 0 aliphatic carbocycles. The minimum absolute atomic E-state index is 0.108. The Hall–Kier alpha value is -2.96. The third-order valence-corrected chi connectivity index (χ3v) is 3.42. The van der Waals surface area contributed by atoms with E-state index in [1.54, 1.807) is 0 Å². The van der Waals surface area contributed by atoms with Gasteiger partial charge in [-0.1, -0.05) is 30.3 Å². The van der Waals surface area contributed by atoms with Crippen LogP contribution in [0.1, 0.15) is 19.3 Å². The summed E-state index contributed by atoms with van der Waals surface area (Å²) < 4.78 is 5.09. The Morgan fingerprint density at radius 3 is 2.57 bits per heavy atom. The van der Waals surface area contributed by atoms with Crippen LogP contribution < -0.4 is 10.2 Å². The van der Waals surface area contributed by atoms with E-state index in [2.05, 4.69) is 15.4 Å². The summed E-state index contributed by atoms with van der Waals surface area (Å²) in [5.41, 5.74) is 3.31. The molecule has 0 atom stereocenters. The van der Waals surface area contributed by atoms with Gasteiger partial charge in [0.2, 0.25) is 5.91 Å². The molecule has 0 saturated carbocycles. The van der Waals surface area contributed by atoms with E-state index >= 15 is 0 Å². The van der Waals surface area contributed by atoms with Crippen molar-refractivity contribution in [1.82, 2.24) is 20.4 Å². The molecule has 0 unspecified atom stereocenters. The van der Waals surface area contributed by atoms with Crippen LogP contribution in [0.15, 0.2) is 42.7 Å². The van der Waals surface area contributed by atoms with Crippen molar-refractivity contribution >= 4 is 12.0 Å². The molecule has 7 heteroatoms.